The number of ketones is 1. The van der Waals surface area contributed by atoms with E-state index in [2.05, 4.69) is 58.3 Å². The van der Waals surface area contributed by atoms with Gasteiger partial charge in [-0.3, -0.25) is 4.79 Å². The van der Waals surface area contributed by atoms with Gasteiger partial charge in [-0.1, -0.05) is 15.9 Å². The molecule has 3 rings (SSSR count). The quantitative estimate of drug-likeness (QED) is 0.678. The molecule has 2 nitrogen and oxygen atoms in total. The van der Waals surface area contributed by atoms with Crippen molar-refractivity contribution in [1.29, 1.82) is 0 Å². The maximum atomic E-state index is 12.2. The third-order valence-corrected chi connectivity index (χ3v) is 6.49. The van der Waals surface area contributed by atoms with E-state index in [-0.39, 0.29) is 5.78 Å². The number of allylic oxidation sites excluding steroid dienone is 1. The molecule has 116 valence electrons. The molecule has 0 radical (unpaired) electrons. The Morgan fingerprint density at radius 1 is 1.32 bits per heavy atom. The van der Waals surface area contributed by atoms with Crippen LogP contribution in [0, 0.1) is 0 Å². The van der Waals surface area contributed by atoms with Crippen LogP contribution < -0.4 is 0 Å². The van der Waals surface area contributed by atoms with Gasteiger partial charge in [-0.2, -0.15) is 11.8 Å². The molecule has 1 aliphatic carbocycles. The first-order valence-corrected chi connectivity index (χ1v) is 10.5. The lowest BCUT2D eigenvalue weighted by Gasteiger charge is -2.20. The van der Waals surface area contributed by atoms with Gasteiger partial charge in [0.05, 0.1) is 0 Å². The molecule has 0 N–H and O–H groups in total. The van der Waals surface area contributed by atoms with E-state index >= 15 is 0 Å². The van der Waals surface area contributed by atoms with Crippen LogP contribution in [0.4, 0.5) is 0 Å². The molecule has 1 unspecified atom stereocenters. The van der Waals surface area contributed by atoms with Crippen molar-refractivity contribution in [2.45, 2.75) is 18.1 Å². The molecule has 1 aromatic carbocycles. The number of benzene rings is 1. The summed E-state index contributed by atoms with van der Waals surface area (Å²) in [7, 11) is 2.14. The topological polar surface area (TPSA) is 22.0 Å². The van der Waals surface area contributed by atoms with Gasteiger partial charge in [0, 0.05) is 50.3 Å². The first-order valence-electron chi connectivity index (χ1n) is 7.16. The molecular weight excluding hydrogens is 378 g/mol. The molecule has 1 aromatic heterocycles. The number of hydrogen-bond acceptors (Lipinski definition) is 3. The van der Waals surface area contributed by atoms with E-state index < -0.39 is 0 Å². The first-order chi connectivity index (χ1) is 10.6. The van der Waals surface area contributed by atoms with Crippen LogP contribution in [0.3, 0.4) is 0 Å². The molecule has 0 spiro atoms. The maximum Gasteiger partial charge on any atom is 0.156 e. The summed E-state index contributed by atoms with van der Waals surface area (Å²) in [6.45, 7) is 0. The molecule has 1 heterocycles. The van der Waals surface area contributed by atoms with Gasteiger partial charge in [0.25, 0.3) is 0 Å². The van der Waals surface area contributed by atoms with E-state index in [0.29, 0.717) is 11.7 Å². The van der Waals surface area contributed by atoms with Gasteiger partial charge in [-0.05, 0) is 43.2 Å². The van der Waals surface area contributed by atoms with E-state index in [1.165, 1.54) is 22.2 Å². The van der Waals surface area contributed by atoms with E-state index in [1.54, 1.807) is 11.8 Å². The van der Waals surface area contributed by atoms with Crippen LogP contribution in [0.2, 0.25) is 0 Å². The lowest BCUT2D eigenvalue weighted by molar-refractivity contribution is -0.114. The number of nitrogens with zero attached hydrogens (tertiary/aromatic N) is 1. The summed E-state index contributed by atoms with van der Waals surface area (Å²) in [5.74, 6) is 0.237. The molecule has 5 heteroatoms. The monoisotopic (exact) mass is 395 g/mol. The van der Waals surface area contributed by atoms with Crippen LogP contribution in [0.25, 0.3) is 15.8 Å². The minimum atomic E-state index is 0.237. The van der Waals surface area contributed by atoms with Crippen molar-refractivity contribution in [2.75, 3.05) is 12.5 Å². The molecule has 0 saturated heterocycles. The number of carbonyl (C=O) groups excluding carboxylic acids is 1. The van der Waals surface area contributed by atoms with Gasteiger partial charge in [0.2, 0.25) is 0 Å². The summed E-state index contributed by atoms with van der Waals surface area (Å²) in [5, 5.41) is 1.58. The number of hydrogen-bond donors (Lipinski definition) is 0. The van der Waals surface area contributed by atoms with E-state index in [1.807, 2.05) is 17.8 Å². The second-order valence-corrected chi connectivity index (χ2v) is 8.23. The Morgan fingerprint density at radius 2 is 2.09 bits per heavy atom. The molecule has 1 aliphatic rings. The lowest BCUT2D eigenvalue weighted by atomic mass is 10.0. The zero-order valence-electron chi connectivity index (χ0n) is 12.9. The lowest BCUT2D eigenvalue weighted by Crippen LogP contribution is -2.09. The van der Waals surface area contributed by atoms with Crippen LogP contribution in [-0.4, -0.2) is 22.9 Å². The van der Waals surface area contributed by atoms with Gasteiger partial charge in [-0.25, -0.2) is 0 Å². The summed E-state index contributed by atoms with van der Waals surface area (Å²) in [6.07, 6.45) is 7.54. The third kappa shape index (κ3) is 2.68. The second-order valence-electron chi connectivity index (χ2n) is 5.42. The molecule has 0 saturated carbocycles. The SMILES string of the molecule is CS/C1=C/C(=O)CCC(SC)c2c1c1cc(Br)ccc1n2C. The number of halogens is 1. The number of rotatable bonds is 2. The largest absolute Gasteiger partial charge is 0.346 e. The fourth-order valence-electron chi connectivity index (χ4n) is 3.16. The van der Waals surface area contributed by atoms with Gasteiger partial charge in [0.1, 0.15) is 0 Å². The minimum absolute atomic E-state index is 0.237. The normalized spacial score (nSPS) is 21.2. The summed E-state index contributed by atoms with van der Waals surface area (Å²) in [5.41, 5.74) is 3.80. The second kappa shape index (κ2) is 6.46. The first kappa shape index (κ1) is 16.2. The van der Waals surface area contributed by atoms with Crippen molar-refractivity contribution in [3.05, 3.63) is 40.0 Å². The van der Waals surface area contributed by atoms with Crippen molar-refractivity contribution in [3.8, 4) is 0 Å². The smallest absolute Gasteiger partial charge is 0.156 e. The van der Waals surface area contributed by atoms with Gasteiger partial charge in [-0.15, -0.1) is 11.8 Å². The average Bonchev–Trinajstić information content (AvgIpc) is 2.76. The maximum absolute atomic E-state index is 12.2. The van der Waals surface area contributed by atoms with Gasteiger partial charge < -0.3 is 4.57 Å². The van der Waals surface area contributed by atoms with E-state index in [0.717, 1.165) is 15.8 Å². The predicted octanol–water partition coefficient (Wildman–Crippen LogP) is 5.41. The van der Waals surface area contributed by atoms with Crippen molar-refractivity contribution in [2.24, 2.45) is 7.05 Å². The van der Waals surface area contributed by atoms with Crippen LogP contribution in [-0.2, 0) is 11.8 Å². The fraction of sp³-hybridized carbons (Fsp3) is 0.353. The Labute approximate surface area is 147 Å². The molecule has 0 aliphatic heterocycles. The summed E-state index contributed by atoms with van der Waals surface area (Å²) >= 11 is 7.08. The van der Waals surface area contributed by atoms with Crippen molar-refractivity contribution >= 4 is 61.0 Å². The Kier molecular flexibility index (Phi) is 4.76. The van der Waals surface area contributed by atoms with Crippen LogP contribution >= 0.6 is 39.5 Å². The number of thioether (sulfide) groups is 2. The number of carbonyl (C=O) groups is 1. The fourth-order valence-corrected chi connectivity index (χ4v) is 5.05. The van der Waals surface area contributed by atoms with Gasteiger partial charge >= 0.3 is 0 Å². The summed E-state index contributed by atoms with van der Waals surface area (Å²) in [4.78, 5) is 13.3. The highest BCUT2D eigenvalue weighted by Crippen LogP contribution is 2.45. The van der Waals surface area contributed by atoms with Crippen molar-refractivity contribution in [3.63, 3.8) is 0 Å². The van der Waals surface area contributed by atoms with Crippen LogP contribution in [0.5, 0.6) is 0 Å². The summed E-state index contributed by atoms with van der Waals surface area (Å²) < 4.78 is 3.38. The number of aromatic nitrogens is 1. The minimum Gasteiger partial charge on any atom is -0.346 e. The van der Waals surface area contributed by atoms with E-state index in [9.17, 15) is 4.79 Å². The predicted molar refractivity (Wildman–Crippen MR) is 103 cm³/mol. The van der Waals surface area contributed by atoms with Crippen molar-refractivity contribution in [1.82, 2.24) is 4.57 Å². The zero-order chi connectivity index (χ0) is 15.9. The molecule has 0 fully saturated rings. The van der Waals surface area contributed by atoms with Crippen molar-refractivity contribution < 1.29 is 4.79 Å². The van der Waals surface area contributed by atoms with Gasteiger partial charge in [0.15, 0.2) is 5.78 Å². The highest BCUT2D eigenvalue weighted by atomic mass is 79.9. The Bertz CT molecular complexity index is 779. The van der Waals surface area contributed by atoms with Crippen LogP contribution in [0.1, 0.15) is 29.3 Å². The molecule has 0 amide bonds. The molecule has 22 heavy (non-hydrogen) atoms. The highest BCUT2D eigenvalue weighted by Gasteiger charge is 2.27. The number of fused-ring (bicyclic) bond motifs is 3. The third-order valence-electron chi connectivity index (χ3n) is 4.21. The molecule has 1 atom stereocenters. The number of aryl methyl sites for hydroxylation is 1. The standard InChI is InChI=1S/C17H18BrNOS2/c1-19-13-6-4-10(18)8-12(13)16-15(22-3)9-11(20)5-7-14(21-2)17(16)19/h4,6,8-9,14H,5,7H2,1-3H3/b15-9+. The molecule has 0 bridgehead atoms. The highest BCUT2D eigenvalue weighted by molar-refractivity contribution is 9.10. The average molecular weight is 396 g/mol. The Balaban J connectivity index is 2.41. The summed E-state index contributed by atoms with van der Waals surface area (Å²) in [6, 6.07) is 6.40. The van der Waals surface area contributed by atoms with E-state index in [4.69, 9.17) is 0 Å². The Hall–Kier alpha value is -0.650. The Morgan fingerprint density at radius 3 is 2.77 bits per heavy atom. The zero-order valence-corrected chi connectivity index (χ0v) is 16.1. The molecular formula is C17H18BrNOS2. The van der Waals surface area contributed by atoms with Crippen LogP contribution in [0.15, 0.2) is 28.7 Å². The molecule has 2 aromatic rings.